The Bertz CT molecular complexity index is 598. The van der Waals surface area contributed by atoms with Gasteiger partial charge in [0.25, 0.3) is 5.91 Å². The van der Waals surface area contributed by atoms with E-state index in [9.17, 15) is 4.79 Å². The second kappa shape index (κ2) is 5.63. The van der Waals surface area contributed by atoms with E-state index in [1.165, 1.54) is 0 Å². The fourth-order valence-corrected chi connectivity index (χ4v) is 3.20. The number of benzene rings is 1. The van der Waals surface area contributed by atoms with Crippen LogP contribution in [0.1, 0.15) is 36.7 Å². The molecule has 1 aromatic heterocycles. The van der Waals surface area contributed by atoms with E-state index in [4.69, 9.17) is 0 Å². The molecule has 2 aromatic rings. The molecule has 0 radical (unpaired) electrons. The third-order valence-electron chi connectivity index (χ3n) is 2.81. The van der Waals surface area contributed by atoms with Crippen molar-refractivity contribution < 1.29 is 4.79 Å². The average molecular weight is 385 g/mol. The Kier molecular flexibility index (Phi) is 4.30. The highest BCUT2D eigenvalue weighted by Crippen LogP contribution is 2.29. The molecule has 0 aliphatic rings. The molecule has 0 saturated heterocycles. The first-order chi connectivity index (χ1) is 8.88. The molecule has 0 saturated carbocycles. The minimum Gasteiger partial charge on any atom is -0.322 e. The standard InChI is InChI=1S/C15H16INOS/c1-15(2,3)11-6-4-5-7-12(11)17-14(18)10-8-13(16)19-9-10/h4-9H,1-3H3,(H,17,18). The number of rotatable bonds is 2. The lowest BCUT2D eigenvalue weighted by atomic mass is 9.86. The Morgan fingerprint density at radius 2 is 1.95 bits per heavy atom. The van der Waals surface area contributed by atoms with Gasteiger partial charge in [-0.1, -0.05) is 39.0 Å². The Morgan fingerprint density at radius 1 is 1.26 bits per heavy atom. The van der Waals surface area contributed by atoms with Crippen LogP contribution < -0.4 is 5.32 Å². The SMILES string of the molecule is CC(C)(C)c1ccccc1NC(=O)c1csc(I)c1. The van der Waals surface area contributed by atoms with Crippen LogP contribution in [0, 0.1) is 2.88 Å². The van der Waals surface area contributed by atoms with Gasteiger partial charge in [0.2, 0.25) is 0 Å². The van der Waals surface area contributed by atoms with Crippen LogP contribution in [0.2, 0.25) is 0 Å². The number of para-hydroxylation sites is 1. The van der Waals surface area contributed by atoms with Crippen molar-refractivity contribution in [3.8, 4) is 0 Å². The Morgan fingerprint density at radius 3 is 2.53 bits per heavy atom. The maximum atomic E-state index is 12.2. The van der Waals surface area contributed by atoms with Gasteiger partial charge < -0.3 is 5.32 Å². The molecule has 0 aliphatic heterocycles. The minimum absolute atomic E-state index is 0.00689. The zero-order valence-corrected chi connectivity index (χ0v) is 14.1. The van der Waals surface area contributed by atoms with Crippen molar-refractivity contribution in [3.05, 3.63) is 49.7 Å². The highest BCUT2D eigenvalue weighted by molar-refractivity contribution is 14.1. The number of carbonyl (C=O) groups is 1. The first-order valence-electron chi connectivity index (χ1n) is 6.03. The second-order valence-electron chi connectivity index (χ2n) is 5.39. The molecule has 0 fully saturated rings. The predicted octanol–water partition coefficient (Wildman–Crippen LogP) is 4.90. The number of thiophene rings is 1. The Hall–Kier alpha value is -0.880. The molecule has 2 rings (SSSR count). The van der Waals surface area contributed by atoms with Crippen molar-refractivity contribution in [2.45, 2.75) is 26.2 Å². The summed E-state index contributed by atoms with van der Waals surface area (Å²) in [5, 5.41) is 4.90. The molecule has 0 unspecified atom stereocenters. The van der Waals surface area contributed by atoms with Gasteiger partial charge in [-0.15, -0.1) is 11.3 Å². The highest BCUT2D eigenvalue weighted by Gasteiger charge is 2.19. The summed E-state index contributed by atoms with van der Waals surface area (Å²) in [6.45, 7) is 6.43. The molecule has 0 atom stereocenters. The van der Waals surface area contributed by atoms with E-state index in [-0.39, 0.29) is 11.3 Å². The fourth-order valence-electron chi connectivity index (χ4n) is 1.87. The molecule has 0 bridgehead atoms. The molecule has 1 N–H and O–H groups in total. The fraction of sp³-hybridized carbons (Fsp3) is 0.267. The number of hydrogen-bond donors (Lipinski definition) is 1. The van der Waals surface area contributed by atoms with E-state index in [0.29, 0.717) is 0 Å². The van der Waals surface area contributed by atoms with E-state index in [2.05, 4.69) is 54.7 Å². The van der Waals surface area contributed by atoms with Gasteiger partial charge in [-0.2, -0.15) is 0 Å². The summed E-state index contributed by atoms with van der Waals surface area (Å²) in [7, 11) is 0. The molecule has 4 heteroatoms. The number of halogens is 1. The van der Waals surface area contributed by atoms with Gasteiger partial charge in [-0.3, -0.25) is 4.79 Å². The molecular weight excluding hydrogens is 369 g/mol. The normalized spacial score (nSPS) is 11.4. The van der Waals surface area contributed by atoms with Gasteiger partial charge in [0, 0.05) is 11.1 Å². The summed E-state index contributed by atoms with van der Waals surface area (Å²) >= 11 is 3.80. The van der Waals surface area contributed by atoms with Crippen molar-refractivity contribution in [2.24, 2.45) is 0 Å². The van der Waals surface area contributed by atoms with E-state index in [1.54, 1.807) is 11.3 Å². The van der Waals surface area contributed by atoms with Crippen molar-refractivity contribution in [3.63, 3.8) is 0 Å². The monoisotopic (exact) mass is 385 g/mol. The van der Waals surface area contributed by atoms with Crippen LogP contribution in [0.4, 0.5) is 5.69 Å². The van der Waals surface area contributed by atoms with Crippen LogP contribution in [0.5, 0.6) is 0 Å². The number of amides is 1. The molecule has 100 valence electrons. The lowest BCUT2D eigenvalue weighted by Crippen LogP contribution is -2.18. The van der Waals surface area contributed by atoms with Gasteiger partial charge in [-0.25, -0.2) is 0 Å². The summed E-state index contributed by atoms with van der Waals surface area (Å²) in [6, 6.07) is 9.87. The first-order valence-corrected chi connectivity index (χ1v) is 7.98. The topological polar surface area (TPSA) is 29.1 Å². The maximum Gasteiger partial charge on any atom is 0.256 e. The molecule has 2 nitrogen and oxygen atoms in total. The molecule has 0 spiro atoms. The maximum absolute atomic E-state index is 12.2. The molecule has 0 aliphatic carbocycles. The molecule has 19 heavy (non-hydrogen) atoms. The van der Waals surface area contributed by atoms with Crippen molar-refractivity contribution in [1.82, 2.24) is 0 Å². The number of hydrogen-bond acceptors (Lipinski definition) is 2. The zero-order chi connectivity index (χ0) is 14.0. The second-order valence-corrected chi connectivity index (χ2v) is 8.19. The average Bonchev–Trinajstić information content (AvgIpc) is 2.75. The van der Waals surface area contributed by atoms with Crippen LogP contribution in [0.25, 0.3) is 0 Å². The molecule has 1 aromatic carbocycles. The lowest BCUT2D eigenvalue weighted by Gasteiger charge is -2.22. The van der Waals surface area contributed by atoms with Gasteiger partial charge in [0.15, 0.2) is 0 Å². The summed E-state index contributed by atoms with van der Waals surface area (Å²) in [5.41, 5.74) is 2.76. The van der Waals surface area contributed by atoms with Crippen LogP contribution in [0.15, 0.2) is 35.7 Å². The van der Waals surface area contributed by atoms with Gasteiger partial charge in [0.1, 0.15) is 0 Å². The zero-order valence-electron chi connectivity index (χ0n) is 11.2. The summed E-state index contributed by atoms with van der Waals surface area (Å²) < 4.78 is 1.12. The van der Waals surface area contributed by atoms with E-state index in [0.717, 1.165) is 19.7 Å². The first kappa shape index (κ1) is 14.5. The highest BCUT2D eigenvalue weighted by atomic mass is 127. The molecule has 1 amide bonds. The summed E-state index contributed by atoms with van der Waals surface area (Å²) in [5.74, 6) is -0.0455. The van der Waals surface area contributed by atoms with Crippen LogP contribution in [-0.4, -0.2) is 5.91 Å². The third-order valence-corrected chi connectivity index (χ3v) is 4.60. The molecule has 1 heterocycles. The lowest BCUT2D eigenvalue weighted by molar-refractivity contribution is 0.102. The van der Waals surface area contributed by atoms with Gasteiger partial charge in [0.05, 0.1) is 8.45 Å². The van der Waals surface area contributed by atoms with Crippen molar-refractivity contribution >= 4 is 45.5 Å². The number of nitrogens with one attached hydrogen (secondary N) is 1. The molecular formula is C15H16INOS. The van der Waals surface area contributed by atoms with Gasteiger partial charge in [-0.05, 0) is 45.7 Å². The Labute approximate surface area is 131 Å². The third kappa shape index (κ3) is 3.57. The van der Waals surface area contributed by atoms with Crippen LogP contribution in [0.3, 0.4) is 0 Å². The van der Waals surface area contributed by atoms with Crippen LogP contribution in [-0.2, 0) is 5.41 Å². The Balaban J connectivity index is 2.27. The van der Waals surface area contributed by atoms with E-state index in [1.807, 2.05) is 29.6 Å². The predicted molar refractivity (Wildman–Crippen MR) is 90.1 cm³/mol. The summed E-state index contributed by atoms with van der Waals surface area (Å²) in [6.07, 6.45) is 0. The minimum atomic E-state index is -0.0455. The van der Waals surface area contributed by atoms with Crippen molar-refractivity contribution in [1.29, 1.82) is 0 Å². The quantitative estimate of drug-likeness (QED) is 0.732. The van der Waals surface area contributed by atoms with Crippen molar-refractivity contribution in [2.75, 3.05) is 5.32 Å². The smallest absolute Gasteiger partial charge is 0.256 e. The number of anilines is 1. The van der Waals surface area contributed by atoms with Crippen LogP contribution >= 0.6 is 33.9 Å². The van der Waals surface area contributed by atoms with Gasteiger partial charge >= 0.3 is 0 Å². The van der Waals surface area contributed by atoms with E-state index < -0.39 is 0 Å². The number of carbonyl (C=O) groups excluding carboxylic acids is 1. The summed E-state index contributed by atoms with van der Waals surface area (Å²) in [4.78, 5) is 12.2. The van der Waals surface area contributed by atoms with E-state index >= 15 is 0 Å². The largest absolute Gasteiger partial charge is 0.322 e.